The third kappa shape index (κ3) is 1.48. The maximum absolute atomic E-state index is 10.7. The Bertz CT molecular complexity index is 153. The van der Waals surface area contributed by atoms with Gasteiger partial charge in [0.05, 0.1) is 12.5 Å². The summed E-state index contributed by atoms with van der Waals surface area (Å²) in [6, 6.07) is 0. The Morgan fingerprint density at radius 2 is 2.56 bits per heavy atom. The molecule has 1 saturated carbocycles. The Labute approximate surface area is 59.2 Å². The summed E-state index contributed by atoms with van der Waals surface area (Å²) in [5.74, 6) is -0.192. The van der Waals surface area contributed by atoms with Crippen LogP contribution in [0.2, 0.25) is 0 Å². The van der Waals surface area contributed by atoms with Gasteiger partial charge in [-0.1, -0.05) is 12.2 Å². The maximum Gasteiger partial charge on any atom is 0.314 e. The molecule has 50 valence electrons. The van der Waals surface area contributed by atoms with Gasteiger partial charge in [-0.2, -0.15) is 0 Å². The van der Waals surface area contributed by atoms with Crippen molar-refractivity contribution in [3.63, 3.8) is 0 Å². The molecule has 0 aliphatic heterocycles. The zero-order valence-corrected chi connectivity index (χ0v) is 6.03. The minimum absolute atomic E-state index is 0.0417. The van der Waals surface area contributed by atoms with E-state index in [-0.39, 0.29) is 11.9 Å². The second kappa shape index (κ2) is 2.43. The lowest BCUT2D eigenvalue weighted by Gasteiger charge is -1.95. The molecular weight excluding hydrogens is 136 g/mol. The number of ether oxygens (including phenoxy) is 1. The van der Waals surface area contributed by atoms with E-state index in [1.165, 1.54) is 0 Å². The molecule has 1 aliphatic carbocycles. The third-order valence-corrected chi connectivity index (χ3v) is 1.66. The van der Waals surface area contributed by atoms with Gasteiger partial charge in [0.1, 0.15) is 0 Å². The average Bonchev–Trinajstić information content (AvgIpc) is 2.47. The first-order chi connectivity index (χ1) is 4.25. The van der Waals surface area contributed by atoms with Crippen molar-refractivity contribution in [2.75, 3.05) is 6.61 Å². The van der Waals surface area contributed by atoms with Gasteiger partial charge in [0, 0.05) is 4.86 Å². The van der Waals surface area contributed by atoms with E-state index >= 15 is 0 Å². The fourth-order valence-electron chi connectivity index (χ4n) is 0.600. The van der Waals surface area contributed by atoms with E-state index in [0.717, 1.165) is 11.3 Å². The number of thiocarbonyl (C=S) groups is 1. The molecule has 0 bridgehead atoms. The maximum atomic E-state index is 10.7. The quantitative estimate of drug-likeness (QED) is 0.426. The van der Waals surface area contributed by atoms with Crippen LogP contribution in [0.25, 0.3) is 0 Å². The molecule has 0 saturated heterocycles. The van der Waals surface area contributed by atoms with Gasteiger partial charge in [-0.3, -0.25) is 4.79 Å². The molecule has 2 nitrogen and oxygen atoms in total. The summed E-state index contributed by atoms with van der Waals surface area (Å²) in [5, 5.41) is 0. The van der Waals surface area contributed by atoms with Crippen LogP contribution in [0.15, 0.2) is 0 Å². The van der Waals surface area contributed by atoms with Crippen molar-refractivity contribution < 1.29 is 9.53 Å². The highest BCUT2D eigenvalue weighted by molar-refractivity contribution is 7.81. The first-order valence-corrected chi connectivity index (χ1v) is 3.36. The molecule has 0 heterocycles. The summed E-state index contributed by atoms with van der Waals surface area (Å²) < 4.78 is 4.71. The van der Waals surface area contributed by atoms with Crippen LogP contribution < -0.4 is 0 Å². The molecule has 0 aromatic carbocycles. The summed E-state index contributed by atoms with van der Waals surface area (Å²) in [7, 11) is 0. The largest absolute Gasteiger partial charge is 0.465 e. The molecule has 1 rings (SSSR count). The van der Waals surface area contributed by atoms with Crippen LogP contribution in [0.4, 0.5) is 0 Å². The second-order valence-electron chi connectivity index (χ2n) is 1.98. The molecule has 1 unspecified atom stereocenters. The Morgan fingerprint density at radius 3 is 2.89 bits per heavy atom. The first kappa shape index (κ1) is 6.68. The number of carbonyl (C=O) groups is 1. The van der Waals surface area contributed by atoms with E-state index in [2.05, 4.69) is 0 Å². The number of carbonyl (C=O) groups excluding carboxylic acids is 1. The van der Waals surface area contributed by atoms with E-state index < -0.39 is 0 Å². The summed E-state index contributed by atoms with van der Waals surface area (Å²) in [4.78, 5) is 11.5. The Hall–Kier alpha value is -0.440. The van der Waals surface area contributed by atoms with Crippen molar-refractivity contribution in [1.29, 1.82) is 0 Å². The van der Waals surface area contributed by atoms with Crippen LogP contribution in [0.3, 0.4) is 0 Å². The summed E-state index contributed by atoms with van der Waals surface area (Å²) >= 11 is 4.76. The Balaban J connectivity index is 2.28. The summed E-state index contributed by atoms with van der Waals surface area (Å²) in [6.07, 6.45) is 0.758. The average molecular weight is 144 g/mol. The predicted octanol–water partition coefficient (Wildman–Crippen LogP) is 0.939. The lowest BCUT2D eigenvalue weighted by Crippen LogP contribution is -2.06. The van der Waals surface area contributed by atoms with E-state index in [1.54, 1.807) is 6.92 Å². The Morgan fingerprint density at radius 1 is 2.00 bits per heavy atom. The van der Waals surface area contributed by atoms with Gasteiger partial charge in [-0.05, 0) is 13.3 Å². The molecule has 0 aromatic rings. The molecule has 0 radical (unpaired) electrons. The van der Waals surface area contributed by atoms with Crippen LogP contribution in [0.5, 0.6) is 0 Å². The molecule has 1 aliphatic rings. The van der Waals surface area contributed by atoms with Crippen molar-refractivity contribution in [3.05, 3.63) is 0 Å². The zero-order chi connectivity index (χ0) is 6.85. The minimum atomic E-state index is -0.150. The molecule has 1 fully saturated rings. The SMILES string of the molecule is CCOC(=O)C1CC1=S. The van der Waals surface area contributed by atoms with Crippen molar-refractivity contribution in [2.24, 2.45) is 5.92 Å². The third-order valence-electron chi connectivity index (χ3n) is 1.20. The molecular formula is C6H8O2S. The van der Waals surface area contributed by atoms with Crippen LogP contribution in [0.1, 0.15) is 13.3 Å². The van der Waals surface area contributed by atoms with Gasteiger partial charge in [0.25, 0.3) is 0 Å². The highest BCUT2D eigenvalue weighted by Gasteiger charge is 2.38. The van der Waals surface area contributed by atoms with Gasteiger partial charge < -0.3 is 4.74 Å². The van der Waals surface area contributed by atoms with E-state index in [0.29, 0.717) is 6.61 Å². The monoisotopic (exact) mass is 144 g/mol. The smallest absolute Gasteiger partial charge is 0.314 e. The van der Waals surface area contributed by atoms with Crippen molar-refractivity contribution in [1.82, 2.24) is 0 Å². The number of rotatable bonds is 2. The van der Waals surface area contributed by atoms with Crippen molar-refractivity contribution >= 4 is 23.1 Å². The number of hydrogen-bond acceptors (Lipinski definition) is 3. The molecule has 3 heteroatoms. The standard InChI is InChI=1S/C6H8O2S/c1-2-8-6(7)4-3-5(4)9/h4H,2-3H2,1H3. The Kier molecular flexibility index (Phi) is 1.81. The normalized spacial score (nSPS) is 23.7. The highest BCUT2D eigenvalue weighted by Crippen LogP contribution is 2.27. The molecule has 9 heavy (non-hydrogen) atoms. The predicted molar refractivity (Wildman–Crippen MR) is 37.3 cm³/mol. The fraction of sp³-hybridized carbons (Fsp3) is 0.667. The van der Waals surface area contributed by atoms with Crippen molar-refractivity contribution in [3.8, 4) is 0 Å². The lowest BCUT2D eigenvalue weighted by molar-refractivity contribution is -0.143. The molecule has 0 amide bonds. The fourth-order valence-corrected chi connectivity index (χ4v) is 0.863. The topological polar surface area (TPSA) is 26.3 Å². The van der Waals surface area contributed by atoms with Crippen molar-refractivity contribution in [2.45, 2.75) is 13.3 Å². The second-order valence-corrected chi connectivity index (χ2v) is 2.50. The van der Waals surface area contributed by atoms with Gasteiger partial charge >= 0.3 is 5.97 Å². The molecule has 0 aromatic heterocycles. The van der Waals surface area contributed by atoms with Gasteiger partial charge in [0.15, 0.2) is 0 Å². The van der Waals surface area contributed by atoms with E-state index in [9.17, 15) is 4.79 Å². The zero-order valence-electron chi connectivity index (χ0n) is 5.22. The lowest BCUT2D eigenvalue weighted by atomic mass is 10.4. The van der Waals surface area contributed by atoms with E-state index in [4.69, 9.17) is 17.0 Å². The number of hydrogen-bond donors (Lipinski definition) is 0. The van der Waals surface area contributed by atoms with Crippen LogP contribution >= 0.6 is 12.2 Å². The summed E-state index contributed by atoms with van der Waals surface area (Å²) in [6.45, 7) is 2.25. The van der Waals surface area contributed by atoms with Crippen LogP contribution in [-0.2, 0) is 9.53 Å². The van der Waals surface area contributed by atoms with E-state index in [1.807, 2.05) is 0 Å². The van der Waals surface area contributed by atoms with Gasteiger partial charge in [-0.15, -0.1) is 0 Å². The summed E-state index contributed by atoms with van der Waals surface area (Å²) in [5.41, 5.74) is 0. The first-order valence-electron chi connectivity index (χ1n) is 2.95. The molecule has 1 atom stereocenters. The van der Waals surface area contributed by atoms with Gasteiger partial charge in [0.2, 0.25) is 0 Å². The number of esters is 1. The minimum Gasteiger partial charge on any atom is -0.465 e. The highest BCUT2D eigenvalue weighted by atomic mass is 32.1. The van der Waals surface area contributed by atoms with Gasteiger partial charge in [-0.25, -0.2) is 0 Å². The molecule has 0 N–H and O–H groups in total. The van der Waals surface area contributed by atoms with Crippen LogP contribution in [-0.4, -0.2) is 17.4 Å². The molecule has 0 spiro atoms. The van der Waals surface area contributed by atoms with Crippen LogP contribution in [0, 0.1) is 5.92 Å².